The largest absolute Gasteiger partial charge is 0.399 e. The SMILES string of the molecule is CON=C1CCc2c(F)cccc21. The Labute approximate surface area is 76.0 Å². The number of nitrogens with zero attached hydrogens (tertiary/aromatic N) is 1. The predicted octanol–water partition coefficient (Wildman–Crippen LogP) is 2.12. The lowest BCUT2D eigenvalue weighted by atomic mass is 10.1. The number of rotatable bonds is 1. The molecular formula is C10H10FNO. The van der Waals surface area contributed by atoms with Crippen molar-refractivity contribution in [2.75, 3.05) is 7.11 Å². The van der Waals surface area contributed by atoms with E-state index in [0.29, 0.717) is 0 Å². The molecule has 2 nitrogen and oxygen atoms in total. The second-order valence-corrected chi connectivity index (χ2v) is 2.99. The van der Waals surface area contributed by atoms with Gasteiger partial charge in [0, 0.05) is 5.56 Å². The van der Waals surface area contributed by atoms with E-state index in [4.69, 9.17) is 0 Å². The number of hydrogen-bond donors (Lipinski definition) is 0. The van der Waals surface area contributed by atoms with Crippen molar-refractivity contribution in [2.45, 2.75) is 12.8 Å². The van der Waals surface area contributed by atoms with E-state index in [-0.39, 0.29) is 5.82 Å². The second-order valence-electron chi connectivity index (χ2n) is 2.99. The Kier molecular flexibility index (Phi) is 2.00. The first-order valence-electron chi connectivity index (χ1n) is 4.20. The van der Waals surface area contributed by atoms with Crippen molar-refractivity contribution in [3.8, 4) is 0 Å². The fraction of sp³-hybridized carbons (Fsp3) is 0.300. The van der Waals surface area contributed by atoms with Crippen molar-refractivity contribution in [1.82, 2.24) is 0 Å². The molecule has 0 saturated carbocycles. The van der Waals surface area contributed by atoms with Crippen molar-refractivity contribution in [3.05, 3.63) is 35.1 Å². The van der Waals surface area contributed by atoms with Crippen LogP contribution in [0.2, 0.25) is 0 Å². The molecular weight excluding hydrogens is 169 g/mol. The summed E-state index contributed by atoms with van der Waals surface area (Å²) >= 11 is 0. The molecule has 1 aliphatic rings. The third-order valence-corrected chi connectivity index (χ3v) is 2.24. The molecule has 0 unspecified atom stereocenters. The topological polar surface area (TPSA) is 21.6 Å². The Morgan fingerprint density at radius 3 is 3.00 bits per heavy atom. The highest BCUT2D eigenvalue weighted by Gasteiger charge is 2.20. The summed E-state index contributed by atoms with van der Waals surface area (Å²) in [5.74, 6) is -0.140. The van der Waals surface area contributed by atoms with Crippen molar-refractivity contribution in [2.24, 2.45) is 5.16 Å². The third-order valence-electron chi connectivity index (χ3n) is 2.24. The van der Waals surface area contributed by atoms with E-state index in [2.05, 4.69) is 9.99 Å². The van der Waals surface area contributed by atoms with E-state index in [1.807, 2.05) is 6.07 Å². The highest BCUT2D eigenvalue weighted by Crippen LogP contribution is 2.24. The Hall–Kier alpha value is -1.38. The van der Waals surface area contributed by atoms with Crippen LogP contribution in [0.1, 0.15) is 17.5 Å². The van der Waals surface area contributed by atoms with Crippen molar-refractivity contribution < 1.29 is 9.23 Å². The molecule has 0 aliphatic heterocycles. The van der Waals surface area contributed by atoms with Crippen LogP contribution in [0.15, 0.2) is 23.4 Å². The quantitative estimate of drug-likeness (QED) is 0.605. The summed E-state index contributed by atoms with van der Waals surface area (Å²) in [6.07, 6.45) is 1.49. The zero-order valence-corrected chi connectivity index (χ0v) is 7.38. The lowest BCUT2D eigenvalue weighted by Gasteiger charge is -1.99. The Balaban J connectivity index is 2.49. The fourth-order valence-corrected chi connectivity index (χ4v) is 1.67. The van der Waals surface area contributed by atoms with Crippen LogP contribution in [-0.2, 0) is 11.3 Å². The summed E-state index contributed by atoms with van der Waals surface area (Å²) in [4.78, 5) is 4.69. The number of oxime groups is 1. The number of hydrogen-bond acceptors (Lipinski definition) is 2. The highest BCUT2D eigenvalue weighted by molar-refractivity contribution is 6.04. The Bertz CT molecular complexity index is 360. The van der Waals surface area contributed by atoms with Gasteiger partial charge in [-0.2, -0.15) is 0 Å². The maximum absolute atomic E-state index is 13.2. The first-order valence-corrected chi connectivity index (χ1v) is 4.20. The fourth-order valence-electron chi connectivity index (χ4n) is 1.67. The van der Waals surface area contributed by atoms with Crippen molar-refractivity contribution in [3.63, 3.8) is 0 Å². The molecule has 0 spiro atoms. The van der Waals surface area contributed by atoms with Crippen LogP contribution >= 0.6 is 0 Å². The summed E-state index contributed by atoms with van der Waals surface area (Å²) in [5, 5.41) is 3.86. The zero-order chi connectivity index (χ0) is 9.26. The number of fused-ring (bicyclic) bond motifs is 1. The first kappa shape index (κ1) is 8.23. The predicted molar refractivity (Wildman–Crippen MR) is 48.3 cm³/mol. The summed E-state index contributed by atoms with van der Waals surface area (Å²) < 4.78 is 13.2. The average molecular weight is 179 g/mol. The maximum Gasteiger partial charge on any atom is 0.127 e. The van der Waals surface area contributed by atoms with Crippen molar-refractivity contribution in [1.29, 1.82) is 0 Å². The van der Waals surface area contributed by atoms with Gasteiger partial charge in [-0.1, -0.05) is 17.3 Å². The Morgan fingerprint density at radius 1 is 1.38 bits per heavy atom. The number of benzene rings is 1. The molecule has 13 heavy (non-hydrogen) atoms. The molecule has 1 aromatic carbocycles. The second kappa shape index (κ2) is 3.17. The molecule has 68 valence electrons. The molecule has 0 bridgehead atoms. The van der Waals surface area contributed by atoms with Gasteiger partial charge in [0.05, 0.1) is 5.71 Å². The van der Waals surface area contributed by atoms with E-state index in [0.717, 1.165) is 29.7 Å². The minimum Gasteiger partial charge on any atom is -0.399 e. The van der Waals surface area contributed by atoms with Crippen molar-refractivity contribution >= 4 is 5.71 Å². The lowest BCUT2D eigenvalue weighted by Crippen LogP contribution is -1.95. The molecule has 3 heteroatoms. The van der Waals surface area contributed by atoms with Gasteiger partial charge in [0.25, 0.3) is 0 Å². The standard InChI is InChI=1S/C10H10FNO/c1-13-12-10-6-5-7-8(10)3-2-4-9(7)11/h2-4H,5-6H2,1H3. The molecule has 0 radical (unpaired) electrons. The average Bonchev–Trinajstić information content (AvgIpc) is 2.51. The first-order chi connectivity index (χ1) is 6.33. The molecule has 0 saturated heterocycles. The summed E-state index contributed by atoms with van der Waals surface area (Å²) in [7, 11) is 1.50. The minimum atomic E-state index is -0.140. The van der Waals surface area contributed by atoms with E-state index in [9.17, 15) is 4.39 Å². The van der Waals surface area contributed by atoms with Crippen LogP contribution in [-0.4, -0.2) is 12.8 Å². The monoisotopic (exact) mass is 179 g/mol. The lowest BCUT2D eigenvalue weighted by molar-refractivity contribution is 0.213. The van der Waals surface area contributed by atoms with Gasteiger partial charge in [0.1, 0.15) is 12.9 Å². The molecule has 1 aliphatic carbocycles. The summed E-state index contributed by atoms with van der Waals surface area (Å²) in [6, 6.07) is 5.06. The highest BCUT2D eigenvalue weighted by atomic mass is 19.1. The normalized spacial score (nSPS) is 17.5. The summed E-state index contributed by atoms with van der Waals surface area (Å²) in [5.41, 5.74) is 2.50. The molecule has 0 N–H and O–H groups in total. The Morgan fingerprint density at radius 2 is 2.23 bits per heavy atom. The zero-order valence-electron chi connectivity index (χ0n) is 7.38. The van der Waals surface area contributed by atoms with Gasteiger partial charge < -0.3 is 4.84 Å². The molecule has 0 atom stereocenters. The molecule has 2 rings (SSSR count). The van der Waals surface area contributed by atoms with Crippen LogP contribution in [0, 0.1) is 5.82 Å². The van der Waals surface area contributed by atoms with Crippen LogP contribution in [0.4, 0.5) is 4.39 Å². The van der Waals surface area contributed by atoms with E-state index < -0.39 is 0 Å². The molecule has 1 aromatic rings. The smallest absolute Gasteiger partial charge is 0.127 e. The van der Waals surface area contributed by atoms with E-state index in [1.165, 1.54) is 13.2 Å². The van der Waals surface area contributed by atoms with Gasteiger partial charge in [0.2, 0.25) is 0 Å². The molecule has 0 aromatic heterocycles. The van der Waals surface area contributed by atoms with Crippen LogP contribution in [0.5, 0.6) is 0 Å². The van der Waals surface area contributed by atoms with Crippen LogP contribution in [0.25, 0.3) is 0 Å². The molecule has 0 fully saturated rings. The third kappa shape index (κ3) is 1.30. The molecule has 0 amide bonds. The van der Waals surface area contributed by atoms with Crippen LogP contribution in [0.3, 0.4) is 0 Å². The van der Waals surface area contributed by atoms with Gasteiger partial charge in [-0.05, 0) is 24.5 Å². The maximum atomic E-state index is 13.2. The summed E-state index contributed by atoms with van der Waals surface area (Å²) in [6.45, 7) is 0. The van der Waals surface area contributed by atoms with Gasteiger partial charge in [0.15, 0.2) is 0 Å². The molecule has 0 heterocycles. The minimum absolute atomic E-state index is 0.140. The van der Waals surface area contributed by atoms with Gasteiger partial charge >= 0.3 is 0 Å². The van der Waals surface area contributed by atoms with Gasteiger partial charge in [-0.25, -0.2) is 4.39 Å². The van der Waals surface area contributed by atoms with Crippen LogP contribution < -0.4 is 0 Å². The number of halogens is 1. The van der Waals surface area contributed by atoms with Gasteiger partial charge in [-0.3, -0.25) is 0 Å². The van der Waals surface area contributed by atoms with E-state index in [1.54, 1.807) is 6.07 Å². The van der Waals surface area contributed by atoms with E-state index >= 15 is 0 Å². The van der Waals surface area contributed by atoms with Gasteiger partial charge in [-0.15, -0.1) is 0 Å².